The number of fused-ring (bicyclic) bond motifs is 2. The Morgan fingerprint density at radius 3 is 2.96 bits per heavy atom. The minimum absolute atomic E-state index is 0.267. The number of hydrogen-bond donors (Lipinski definition) is 2. The van der Waals surface area contributed by atoms with Crippen LogP contribution in [0.2, 0.25) is 0 Å². The summed E-state index contributed by atoms with van der Waals surface area (Å²) >= 11 is 0. The van der Waals surface area contributed by atoms with Crippen molar-refractivity contribution in [3.63, 3.8) is 0 Å². The van der Waals surface area contributed by atoms with Gasteiger partial charge in [-0.05, 0) is 18.2 Å². The molecule has 0 saturated heterocycles. The normalized spacial score (nSPS) is 14.1. The fourth-order valence-corrected chi connectivity index (χ4v) is 3.32. The van der Waals surface area contributed by atoms with Gasteiger partial charge in [0, 0.05) is 47.8 Å². The van der Waals surface area contributed by atoms with E-state index < -0.39 is 0 Å². The number of hydrogen-bond acceptors (Lipinski definition) is 4. The second-order valence-electron chi connectivity index (χ2n) is 6.06. The van der Waals surface area contributed by atoms with Crippen molar-refractivity contribution in [1.82, 2.24) is 5.32 Å². The lowest BCUT2D eigenvalue weighted by Gasteiger charge is -2.14. The highest BCUT2D eigenvalue weighted by Gasteiger charge is 2.26. The summed E-state index contributed by atoms with van der Waals surface area (Å²) in [5.74, 6) is 2.53. The van der Waals surface area contributed by atoms with Crippen LogP contribution in [0, 0.1) is 0 Å². The molecule has 25 heavy (non-hydrogen) atoms. The zero-order valence-electron chi connectivity index (χ0n) is 14.1. The lowest BCUT2D eigenvalue weighted by Crippen LogP contribution is -2.28. The minimum atomic E-state index is -0.267. The molecule has 2 aromatic rings. The van der Waals surface area contributed by atoms with Gasteiger partial charge in [-0.3, -0.25) is 0 Å². The van der Waals surface area contributed by atoms with Crippen molar-refractivity contribution in [2.75, 3.05) is 25.6 Å². The number of methoxy groups -OCH3 is 1. The Labute approximate surface area is 146 Å². The quantitative estimate of drug-likeness (QED) is 0.898. The van der Waals surface area contributed by atoms with Crippen molar-refractivity contribution in [2.24, 2.45) is 0 Å². The van der Waals surface area contributed by atoms with E-state index in [0.717, 1.165) is 41.0 Å². The number of rotatable bonds is 4. The summed E-state index contributed by atoms with van der Waals surface area (Å²) in [5.41, 5.74) is 4.01. The van der Waals surface area contributed by atoms with E-state index in [9.17, 15) is 4.79 Å². The van der Waals surface area contributed by atoms with Crippen LogP contribution < -0.4 is 24.8 Å². The first-order valence-corrected chi connectivity index (χ1v) is 8.37. The topological polar surface area (TPSA) is 68.8 Å². The van der Waals surface area contributed by atoms with Crippen molar-refractivity contribution in [3.8, 4) is 17.2 Å². The maximum absolute atomic E-state index is 12.3. The van der Waals surface area contributed by atoms with Gasteiger partial charge in [-0.1, -0.05) is 6.07 Å². The maximum atomic E-state index is 12.3. The largest absolute Gasteiger partial charge is 0.497 e. The van der Waals surface area contributed by atoms with E-state index in [-0.39, 0.29) is 6.03 Å². The zero-order valence-corrected chi connectivity index (χ0v) is 14.1. The van der Waals surface area contributed by atoms with E-state index in [2.05, 4.69) is 16.7 Å². The molecule has 0 atom stereocenters. The molecule has 2 N–H and O–H groups in total. The number of carbonyl (C=O) groups is 1. The number of ether oxygens (including phenoxy) is 3. The van der Waals surface area contributed by atoms with Gasteiger partial charge in [0.2, 0.25) is 0 Å². The molecule has 0 aliphatic carbocycles. The molecule has 2 amide bonds. The summed E-state index contributed by atoms with van der Waals surface area (Å²) in [6, 6.07) is 9.06. The first-order chi connectivity index (χ1) is 12.2. The molecular formula is C19H20N2O4. The molecule has 0 radical (unpaired) electrons. The molecule has 6 heteroatoms. The molecule has 4 rings (SSSR count). The van der Waals surface area contributed by atoms with E-state index in [1.807, 2.05) is 18.2 Å². The Kier molecular flexibility index (Phi) is 4.09. The SMILES string of the molecule is COc1cccc(NC(=O)NCc2c3c(cc4c2OCC4)OCC3)c1. The maximum Gasteiger partial charge on any atom is 0.319 e. The molecule has 2 aliphatic rings. The van der Waals surface area contributed by atoms with Crippen molar-refractivity contribution in [3.05, 3.63) is 47.0 Å². The van der Waals surface area contributed by atoms with E-state index in [0.29, 0.717) is 31.2 Å². The second-order valence-corrected chi connectivity index (χ2v) is 6.06. The Bertz CT molecular complexity index is 787. The van der Waals surface area contributed by atoms with Crippen molar-refractivity contribution < 1.29 is 19.0 Å². The molecule has 2 heterocycles. The van der Waals surface area contributed by atoms with E-state index in [4.69, 9.17) is 14.2 Å². The van der Waals surface area contributed by atoms with Crippen molar-refractivity contribution in [2.45, 2.75) is 19.4 Å². The number of amides is 2. The highest BCUT2D eigenvalue weighted by molar-refractivity contribution is 5.89. The van der Waals surface area contributed by atoms with Crippen LogP contribution in [0.1, 0.15) is 16.7 Å². The summed E-state index contributed by atoms with van der Waals surface area (Å²) in [4.78, 5) is 12.3. The number of nitrogens with one attached hydrogen (secondary N) is 2. The highest BCUT2D eigenvalue weighted by atomic mass is 16.5. The standard InChI is InChI=1S/C19H20N2O4/c1-23-14-4-2-3-13(10-14)21-19(22)20-11-16-15-6-8-24-17(15)9-12-5-7-25-18(12)16/h2-4,9-10H,5-8,11H2,1H3,(H2,20,21,22). The third-order valence-electron chi connectivity index (χ3n) is 4.51. The Morgan fingerprint density at radius 2 is 2.08 bits per heavy atom. The Morgan fingerprint density at radius 1 is 1.20 bits per heavy atom. The Balaban J connectivity index is 1.47. The van der Waals surface area contributed by atoms with E-state index >= 15 is 0 Å². The molecule has 0 unspecified atom stereocenters. The fourth-order valence-electron chi connectivity index (χ4n) is 3.32. The molecule has 6 nitrogen and oxygen atoms in total. The molecular weight excluding hydrogens is 320 g/mol. The van der Waals surface area contributed by atoms with Gasteiger partial charge < -0.3 is 24.8 Å². The average molecular weight is 340 g/mol. The number of anilines is 1. The average Bonchev–Trinajstić information content (AvgIpc) is 3.27. The molecule has 0 fully saturated rings. The smallest absolute Gasteiger partial charge is 0.319 e. The third kappa shape index (κ3) is 3.07. The summed E-state index contributed by atoms with van der Waals surface area (Å²) in [7, 11) is 1.60. The Hall–Kier alpha value is -2.89. The minimum Gasteiger partial charge on any atom is -0.497 e. The van der Waals surface area contributed by atoms with Gasteiger partial charge >= 0.3 is 6.03 Å². The van der Waals surface area contributed by atoms with Crippen LogP contribution in [0.25, 0.3) is 0 Å². The monoisotopic (exact) mass is 340 g/mol. The van der Waals surface area contributed by atoms with Gasteiger partial charge in [0.15, 0.2) is 0 Å². The van der Waals surface area contributed by atoms with E-state index in [1.165, 1.54) is 0 Å². The first-order valence-electron chi connectivity index (χ1n) is 8.37. The predicted octanol–water partition coefficient (Wildman–Crippen LogP) is 2.89. The first kappa shape index (κ1) is 15.6. The van der Waals surface area contributed by atoms with Crippen LogP contribution in [0.5, 0.6) is 17.2 Å². The lowest BCUT2D eigenvalue weighted by molar-refractivity contribution is 0.251. The van der Waals surface area contributed by atoms with Crippen LogP contribution in [-0.4, -0.2) is 26.4 Å². The number of carbonyl (C=O) groups excluding carboxylic acids is 1. The highest BCUT2D eigenvalue weighted by Crippen LogP contribution is 2.40. The van der Waals surface area contributed by atoms with Crippen LogP contribution >= 0.6 is 0 Å². The molecule has 0 saturated carbocycles. The molecule has 2 aliphatic heterocycles. The van der Waals surface area contributed by atoms with E-state index in [1.54, 1.807) is 13.2 Å². The van der Waals surface area contributed by atoms with Crippen LogP contribution in [0.4, 0.5) is 10.5 Å². The lowest BCUT2D eigenvalue weighted by atomic mass is 9.99. The van der Waals surface area contributed by atoms with Gasteiger partial charge in [0.05, 0.1) is 20.3 Å². The molecule has 130 valence electrons. The summed E-state index contributed by atoms with van der Waals surface area (Å²) in [5, 5.41) is 5.74. The van der Waals surface area contributed by atoms with Crippen molar-refractivity contribution in [1.29, 1.82) is 0 Å². The molecule has 0 bridgehead atoms. The van der Waals surface area contributed by atoms with Crippen LogP contribution in [0.15, 0.2) is 30.3 Å². The summed E-state index contributed by atoms with van der Waals surface area (Å²) in [6.45, 7) is 1.77. The molecule has 2 aromatic carbocycles. The second kappa shape index (κ2) is 6.55. The van der Waals surface area contributed by atoms with Gasteiger partial charge in [-0.25, -0.2) is 4.79 Å². The fraction of sp³-hybridized carbons (Fsp3) is 0.316. The van der Waals surface area contributed by atoms with Crippen molar-refractivity contribution >= 4 is 11.7 Å². The molecule has 0 spiro atoms. The number of urea groups is 1. The van der Waals surface area contributed by atoms with Crippen LogP contribution in [-0.2, 0) is 19.4 Å². The molecule has 0 aromatic heterocycles. The van der Waals surface area contributed by atoms with Crippen LogP contribution in [0.3, 0.4) is 0 Å². The van der Waals surface area contributed by atoms with Gasteiger partial charge in [0.1, 0.15) is 17.2 Å². The van der Waals surface area contributed by atoms with Gasteiger partial charge in [0.25, 0.3) is 0 Å². The summed E-state index contributed by atoms with van der Waals surface area (Å²) in [6.07, 6.45) is 1.73. The zero-order chi connectivity index (χ0) is 17.2. The third-order valence-corrected chi connectivity index (χ3v) is 4.51. The number of benzene rings is 2. The summed E-state index contributed by atoms with van der Waals surface area (Å²) < 4.78 is 16.7. The predicted molar refractivity (Wildman–Crippen MR) is 93.7 cm³/mol. The van der Waals surface area contributed by atoms with Gasteiger partial charge in [-0.15, -0.1) is 0 Å². The van der Waals surface area contributed by atoms with Gasteiger partial charge in [-0.2, -0.15) is 0 Å².